The van der Waals surface area contributed by atoms with E-state index in [1.807, 2.05) is 29.2 Å². The smallest absolute Gasteiger partial charge is 0.478 e. The number of carboxylic acid groups (broad SMARTS) is 2. The van der Waals surface area contributed by atoms with Crippen molar-refractivity contribution in [2.45, 2.75) is 19.1 Å². The number of nitrogens with zero attached hydrogens (tertiary/aromatic N) is 2. The number of carbonyl (C=O) groups excluding carboxylic acids is 1. The number of urea groups is 1. The van der Waals surface area contributed by atoms with Gasteiger partial charge in [0.1, 0.15) is 0 Å². The maximum absolute atomic E-state index is 12.4. The Morgan fingerprint density at radius 2 is 1.79 bits per heavy atom. The maximum Gasteiger partial charge on any atom is 0.490 e. The van der Waals surface area contributed by atoms with E-state index in [0.717, 1.165) is 30.9 Å². The van der Waals surface area contributed by atoms with Gasteiger partial charge in [0.2, 0.25) is 0 Å². The van der Waals surface area contributed by atoms with E-state index in [0.29, 0.717) is 6.54 Å². The van der Waals surface area contributed by atoms with Crippen molar-refractivity contribution in [3.05, 3.63) is 35.4 Å². The molecule has 2 aliphatic rings. The van der Waals surface area contributed by atoms with Gasteiger partial charge in [-0.15, -0.1) is 0 Å². The van der Waals surface area contributed by atoms with Gasteiger partial charge in [-0.05, 0) is 30.7 Å². The van der Waals surface area contributed by atoms with Gasteiger partial charge in [0.15, 0.2) is 0 Å². The van der Waals surface area contributed by atoms with Crippen LogP contribution in [0.5, 0.6) is 0 Å². The van der Waals surface area contributed by atoms with Gasteiger partial charge < -0.3 is 20.4 Å². The lowest BCUT2D eigenvalue weighted by Crippen LogP contribution is -2.49. The molecule has 2 aliphatic heterocycles. The maximum atomic E-state index is 12.4. The molecule has 29 heavy (non-hydrogen) atoms. The molecule has 11 heteroatoms. The summed E-state index contributed by atoms with van der Waals surface area (Å²) in [6, 6.07) is 7.69. The Kier molecular flexibility index (Phi) is 6.85. The normalized spacial score (nSPS) is 19.4. The summed E-state index contributed by atoms with van der Waals surface area (Å²) >= 11 is 0. The molecule has 0 radical (unpaired) electrons. The van der Waals surface area contributed by atoms with Gasteiger partial charge >= 0.3 is 24.1 Å². The van der Waals surface area contributed by atoms with Gasteiger partial charge in [-0.25, -0.2) is 14.4 Å². The molecule has 0 bridgehead atoms. The largest absolute Gasteiger partial charge is 0.490 e. The number of aliphatic carboxylic acids is 2. The van der Waals surface area contributed by atoms with Crippen LogP contribution in [0, 0.1) is 0 Å². The number of rotatable bonds is 3. The minimum Gasteiger partial charge on any atom is -0.478 e. The molecule has 1 aromatic carbocycles. The zero-order chi connectivity index (χ0) is 21.8. The molecule has 8 nitrogen and oxygen atoms in total. The quantitative estimate of drug-likeness (QED) is 0.652. The van der Waals surface area contributed by atoms with E-state index >= 15 is 0 Å². The van der Waals surface area contributed by atoms with Gasteiger partial charge in [0, 0.05) is 37.4 Å². The van der Waals surface area contributed by atoms with Crippen LogP contribution in [0.15, 0.2) is 29.8 Å². The second-order valence-electron chi connectivity index (χ2n) is 6.47. The summed E-state index contributed by atoms with van der Waals surface area (Å²) in [7, 11) is 0. The fourth-order valence-corrected chi connectivity index (χ4v) is 2.90. The number of alkyl halides is 3. The highest BCUT2D eigenvalue weighted by Crippen LogP contribution is 2.25. The molecule has 0 aromatic heterocycles. The Balaban J connectivity index is 0.000000370. The number of hydrogen-bond acceptors (Lipinski definition) is 4. The van der Waals surface area contributed by atoms with Gasteiger partial charge in [-0.1, -0.05) is 12.1 Å². The van der Waals surface area contributed by atoms with Crippen LogP contribution < -0.4 is 10.2 Å². The number of carboxylic acids is 2. The van der Waals surface area contributed by atoms with Crippen molar-refractivity contribution in [3.8, 4) is 0 Å². The van der Waals surface area contributed by atoms with E-state index in [2.05, 4.69) is 5.32 Å². The summed E-state index contributed by atoms with van der Waals surface area (Å²) in [5.74, 6) is -3.68. The Morgan fingerprint density at radius 1 is 1.21 bits per heavy atom. The van der Waals surface area contributed by atoms with E-state index in [-0.39, 0.29) is 17.6 Å². The highest BCUT2D eigenvalue weighted by Gasteiger charge is 2.39. The van der Waals surface area contributed by atoms with Gasteiger partial charge in [0.05, 0.1) is 6.04 Å². The first-order valence-electron chi connectivity index (χ1n) is 8.61. The van der Waals surface area contributed by atoms with Crippen LogP contribution in [0.25, 0.3) is 6.08 Å². The van der Waals surface area contributed by atoms with E-state index in [1.165, 1.54) is 0 Å². The van der Waals surface area contributed by atoms with Crippen LogP contribution in [0.1, 0.15) is 12.5 Å². The third-order valence-electron chi connectivity index (χ3n) is 4.39. The lowest BCUT2D eigenvalue weighted by Gasteiger charge is -2.28. The predicted molar refractivity (Wildman–Crippen MR) is 97.5 cm³/mol. The fourth-order valence-electron chi connectivity index (χ4n) is 2.90. The summed E-state index contributed by atoms with van der Waals surface area (Å²) in [6.45, 7) is 4.67. The minimum atomic E-state index is -5.08. The zero-order valence-corrected chi connectivity index (χ0v) is 15.4. The van der Waals surface area contributed by atoms with Crippen molar-refractivity contribution in [3.63, 3.8) is 0 Å². The van der Waals surface area contributed by atoms with Crippen molar-refractivity contribution < 1.29 is 37.8 Å². The van der Waals surface area contributed by atoms with Crippen molar-refractivity contribution in [2.75, 3.05) is 31.1 Å². The number of hydrogen-bond donors (Lipinski definition) is 3. The average Bonchev–Trinajstić information content (AvgIpc) is 2.99. The second kappa shape index (κ2) is 8.95. The van der Waals surface area contributed by atoms with Crippen molar-refractivity contribution in [1.82, 2.24) is 10.2 Å². The number of carbonyl (C=O) groups is 3. The first-order chi connectivity index (χ1) is 13.5. The van der Waals surface area contributed by atoms with Crippen LogP contribution in [0.4, 0.5) is 23.7 Å². The second-order valence-corrected chi connectivity index (χ2v) is 6.47. The van der Waals surface area contributed by atoms with Crippen LogP contribution in [0.3, 0.4) is 0 Å². The summed E-state index contributed by atoms with van der Waals surface area (Å²) in [5, 5.41) is 19.3. The zero-order valence-electron chi connectivity index (χ0n) is 15.4. The Hall–Kier alpha value is -3.08. The number of fused-ring (bicyclic) bond motifs is 1. The first-order valence-corrected chi connectivity index (χ1v) is 8.61. The average molecular weight is 415 g/mol. The van der Waals surface area contributed by atoms with E-state index in [1.54, 1.807) is 17.9 Å². The van der Waals surface area contributed by atoms with Crippen molar-refractivity contribution in [1.29, 1.82) is 0 Å². The molecule has 3 N–H and O–H groups in total. The van der Waals surface area contributed by atoms with Gasteiger partial charge in [-0.2, -0.15) is 13.2 Å². The molecule has 0 spiro atoms. The molecule has 0 unspecified atom stereocenters. The molecule has 1 atom stereocenters. The van der Waals surface area contributed by atoms with E-state index in [9.17, 15) is 22.8 Å². The monoisotopic (exact) mass is 415 g/mol. The van der Waals surface area contributed by atoms with Crippen molar-refractivity contribution in [2.24, 2.45) is 0 Å². The number of nitrogens with one attached hydrogen (secondary N) is 1. The van der Waals surface area contributed by atoms with Crippen LogP contribution in [-0.4, -0.2) is 71.5 Å². The third kappa shape index (κ3) is 5.70. The molecule has 158 valence electrons. The molecule has 0 aliphatic carbocycles. The molecule has 2 amide bonds. The Morgan fingerprint density at radius 3 is 2.28 bits per heavy atom. The molecule has 2 heterocycles. The number of anilines is 1. The summed E-state index contributed by atoms with van der Waals surface area (Å²) < 4.78 is 31.7. The van der Waals surface area contributed by atoms with E-state index < -0.39 is 18.1 Å². The number of halogens is 3. The molecular formula is C18H20F3N3O5. The molecule has 2 saturated heterocycles. The van der Waals surface area contributed by atoms with Crippen molar-refractivity contribution >= 4 is 29.7 Å². The molecular weight excluding hydrogens is 395 g/mol. The topological polar surface area (TPSA) is 110 Å². The van der Waals surface area contributed by atoms with Crippen LogP contribution in [0.2, 0.25) is 0 Å². The standard InChI is InChI=1S/C16H19N3O3.C2HF3O2/c1-11(15(20)21)8-12-2-4-13(5-3-12)19-10-14-9-17-6-7-18(14)16(19)22;3-2(4,5)1(6)7/h2-5,8,14,17H,6-7,9-10H2,1H3,(H,20,21);(H,6,7)/b11-8+;/t14-;/m0./s1. The summed E-state index contributed by atoms with van der Waals surface area (Å²) in [6.07, 6.45) is -3.47. The van der Waals surface area contributed by atoms with Gasteiger partial charge in [-0.3, -0.25) is 4.90 Å². The highest BCUT2D eigenvalue weighted by molar-refractivity contribution is 5.95. The molecule has 1 aromatic rings. The number of benzene rings is 1. The lowest BCUT2D eigenvalue weighted by molar-refractivity contribution is -0.192. The minimum absolute atomic E-state index is 0.0523. The number of piperazine rings is 1. The van der Waals surface area contributed by atoms with Gasteiger partial charge in [0.25, 0.3) is 0 Å². The lowest BCUT2D eigenvalue weighted by atomic mass is 10.1. The SMILES string of the molecule is C/C(=C\c1ccc(N2C[C@@H]3CNCCN3C2=O)cc1)C(=O)O.O=C(O)C(F)(F)F. The summed E-state index contributed by atoms with van der Waals surface area (Å²) in [5.41, 5.74) is 1.95. The fraction of sp³-hybridized carbons (Fsp3) is 0.389. The first kappa shape index (κ1) is 22.2. The third-order valence-corrected chi connectivity index (χ3v) is 4.39. The molecule has 2 fully saturated rings. The van der Waals surface area contributed by atoms with Crippen LogP contribution >= 0.6 is 0 Å². The number of amides is 2. The Labute approximate surface area is 164 Å². The predicted octanol–water partition coefficient (Wildman–Crippen LogP) is 2.02. The highest BCUT2D eigenvalue weighted by atomic mass is 19.4. The Bertz CT molecular complexity index is 808. The van der Waals surface area contributed by atoms with E-state index in [4.69, 9.17) is 15.0 Å². The summed E-state index contributed by atoms with van der Waals surface area (Å²) in [4.78, 5) is 35.9. The molecule has 0 saturated carbocycles. The molecule has 3 rings (SSSR count). The van der Waals surface area contributed by atoms with Crippen LogP contribution in [-0.2, 0) is 9.59 Å².